The first-order chi connectivity index (χ1) is 10.5. The highest BCUT2D eigenvalue weighted by Crippen LogP contribution is 2.46. The molecule has 4 atom stereocenters. The number of hydrogen-bond donors (Lipinski definition) is 0. The summed E-state index contributed by atoms with van der Waals surface area (Å²) in [5, 5.41) is 0. The molecule has 3 rings (SSSR count). The zero-order valence-corrected chi connectivity index (χ0v) is 15.6. The van der Waals surface area contributed by atoms with Crippen molar-refractivity contribution in [2.45, 2.75) is 57.2 Å². The Balaban J connectivity index is 1.91. The lowest BCUT2D eigenvalue weighted by Gasteiger charge is -2.42. The molecule has 1 unspecified atom stereocenters. The van der Waals surface area contributed by atoms with Gasteiger partial charge in [-0.1, -0.05) is 12.1 Å². The molecule has 2 fully saturated rings. The highest BCUT2D eigenvalue weighted by Gasteiger charge is 2.49. The van der Waals surface area contributed by atoms with E-state index < -0.39 is 0 Å². The number of ether oxygens (including phenoxy) is 1. The fourth-order valence-corrected chi connectivity index (χ4v) is 4.51. The van der Waals surface area contributed by atoms with Gasteiger partial charge in [0.1, 0.15) is 0 Å². The number of carbonyl (C=O) groups excluding carboxylic acids is 1. The van der Waals surface area contributed by atoms with Crippen LogP contribution < -0.4 is 0 Å². The van der Waals surface area contributed by atoms with Gasteiger partial charge in [0, 0.05) is 21.6 Å². The highest BCUT2D eigenvalue weighted by atomic mass is 127. The van der Waals surface area contributed by atoms with Crippen molar-refractivity contribution in [3.8, 4) is 0 Å². The van der Waals surface area contributed by atoms with Crippen LogP contribution in [0.5, 0.6) is 0 Å². The zero-order valence-electron chi connectivity index (χ0n) is 13.5. The lowest BCUT2D eigenvalue weighted by Crippen LogP contribution is -2.49. The molecule has 1 aromatic rings. The monoisotopic (exact) mass is 413 g/mol. The second-order valence-corrected chi connectivity index (χ2v) is 8.11. The summed E-state index contributed by atoms with van der Waals surface area (Å²) in [5.74, 6) is 0.235. The molecule has 2 heterocycles. The number of carbonyl (C=O) groups is 1. The molecule has 2 aliphatic heterocycles. The molecule has 0 radical (unpaired) electrons. The molecule has 0 saturated carbocycles. The Bertz CT molecular complexity index is 543. The Kier molecular flexibility index (Phi) is 4.78. The van der Waals surface area contributed by atoms with Crippen LogP contribution in [0, 0.1) is 9.49 Å². The standard InChI is InChI=1S/C18H24INO2/c1-11(2)22-18(21)17-15(12-4-6-13(19)7-5-12)10-14-8-9-16(17)20(14)3/h4-7,11,14-17H,8-10H2,1-3H3/t14?,15-,16-,17+/m1/s1. The summed E-state index contributed by atoms with van der Waals surface area (Å²) in [6.07, 6.45) is 3.33. The van der Waals surface area contributed by atoms with Crippen molar-refractivity contribution in [1.82, 2.24) is 4.90 Å². The Labute approximate surface area is 146 Å². The summed E-state index contributed by atoms with van der Waals surface area (Å²) < 4.78 is 6.83. The van der Waals surface area contributed by atoms with Crippen molar-refractivity contribution in [1.29, 1.82) is 0 Å². The predicted molar refractivity (Wildman–Crippen MR) is 95.8 cm³/mol. The van der Waals surface area contributed by atoms with Crippen LogP contribution in [0.4, 0.5) is 0 Å². The number of hydrogen-bond acceptors (Lipinski definition) is 3. The number of esters is 1. The van der Waals surface area contributed by atoms with Gasteiger partial charge in [0.15, 0.2) is 0 Å². The number of nitrogens with zero attached hydrogens (tertiary/aromatic N) is 1. The van der Waals surface area contributed by atoms with Crippen molar-refractivity contribution in [3.05, 3.63) is 33.4 Å². The molecule has 1 aromatic carbocycles. The summed E-state index contributed by atoms with van der Waals surface area (Å²) in [5.41, 5.74) is 1.29. The van der Waals surface area contributed by atoms with Gasteiger partial charge in [-0.25, -0.2) is 0 Å². The van der Waals surface area contributed by atoms with E-state index in [1.165, 1.54) is 15.6 Å². The molecule has 22 heavy (non-hydrogen) atoms. The van der Waals surface area contributed by atoms with Crippen molar-refractivity contribution < 1.29 is 9.53 Å². The highest BCUT2D eigenvalue weighted by molar-refractivity contribution is 14.1. The van der Waals surface area contributed by atoms with E-state index in [4.69, 9.17) is 4.74 Å². The second kappa shape index (κ2) is 6.48. The molecule has 4 heteroatoms. The van der Waals surface area contributed by atoms with Crippen LogP contribution in [0.25, 0.3) is 0 Å². The zero-order chi connectivity index (χ0) is 15.9. The minimum Gasteiger partial charge on any atom is -0.463 e. The average molecular weight is 413 g/mol. The molecular formula is C18H24INO2. The van der Waals surface area contributed by atoms with Crippen LogP contribution in [0.3, 0.4) is 0 Å². The average Bonchev–Trinajstić information content (AvgIpc) is 2.71. The maximum atomic E-state index is 12.7. The van der Waals surface area contributed by atoms with Crippen LogP contribution in [-0.4, -0.2) is 36.1 Å². The minimum absolute atomic E-state index is 0.0178. The van der Waals surface area contributed by atoms with E-state index in [1.54, 1.807) is 0 Å². The van der Waals surface area contributed by atoms with Crippen LogP contribution in [0.15, 0.2) is 24.3 Å². The maximum Gasteiger partial charge on any atom is 0.311 e. The van der Waals surface area contributed by atoms with E-state index in [-0.39, 0.29) is 23.9 Å². The third kappa shape index (κ3) is 3.04. The fraction of sp³-hybridized carbons (Fsp3) is 0.611. The summed E-state index contributed by atoms with van der Waals surface area (Å²) in [6, 6.07) is 9.59. The first-order valence-electron chi connectivity index (χ1n) is 8.15. The number of benzene rings is 1. The number of fused-ring (bicyclic) bond motifs is 2. The lowest BCUT2D eigenvalue weighted by atomic mass is 9.76. The lowest BCUT2D eigenvalue weighted by molar-refractivity contribution is -0.157. The Morgan fingerprint density at radius 3 is 2.59 bits per heavy atom. The minimum atomic E-state index is -0.0469. The van der Waals surface area contributed by atoms with Crippen molar-refractivity contribution >= 4 is 28.6 Å². The van der Waals surface area contributed by atoms with Gasteiger partial charge >= 0.3 is 5.97 Å². The molecule has 2 aliphatic rings. The van der Waals surface area contributed by atoms with Crippen molar-refractivity contribution in [2.75, 3.05) is 7.05 Å². The normalized spacial score (nSPS) is 31.5. The Morgan fingerprint density at radius 2 is 1.95 bits per heavy atom. The number of piperidine rings is 1. The summed E-state index contributed by atoms with van der Waals surface area (Å²) in [4.78, 5) is 15.2. The molecule has 2 saturated heterocycles. The molecule has 120 valence electrons. The number of rotatable bonds is 3. The Hall–Kier alpha value is -0.620. The van der Waals surface area contributed by atoms with E-state index in [2.05, 4.69) is 58.8 Å². The molecule has 3 nitrogen and oxygen atoms in total. The topological polar surface area (TPSA) is 29.5 Å². The van der Waals surface area contributed by atoms with E-state index in [9.17, 15) is 4.79 Å². The summed E-state index contributed by atoms with van der Waals surface area (Å²) >= 11 is 2.33. The third-order valence-corrected chi connectivity index (χ3v) is 5.91. The fourth-order valence-electron chi connectivity index (χ4n) is 4.15. The molecule has 2 bridgehead atoms. The van der Waals surface area contributed by atoms with Gasteiger partial charge in [-0.05, 0) is 80.4 Å². The van der Waals surface area contributed by atoms with Gasteiger partial charge in [-0.2, -0.15) is 0 Å². The second-order valence-electron chi connectivity index (χ2n) is 6.87. The van der Waals surface area contributed by atoms with E-state index in [0.717, 1.165) is 12.8 Å². The van der Waals surface area contributed by atoms with Crippen LogP contribution >= 0.6 is 22.6 Å². The molecular weight excluding hydrogens is 389 g/mol. The number of halogens is 1. The van der Waals surface area contributed by atoms with Gasteiger partial charge in [0.2, 0.25) is 0 Å². The summed E-state index contributed by atoms with van der Waals surface area (Å²) in [7, 11) is 2.17. The molecule has 0 amide bonds. The van der Waals surface area contributed by atoms with Crippen LogP contribution in [0.2, 0.25) is 0 Å². The molecule has 0 spiro atoms. The van der Waals surface area contributed by atoms with E-state index in [0.29, 0.717) is 12.1 Å². The first kappa shape index (κ1) is 16.2. The van der Waals surface area contributed by atoms with Crippen LogP contribution in [0.1, 0.15) is 44.6 Å². The molecule has 0 aromatic heterocycles. The maximum absolute atomic E-state index is 12.7. The van der Waals surface area contributed by atoms with Gasteiger partial charge < -0.3 is 4.74 Å². The van der Waals surface area contributed by atoms with Gasteiger partial charge in [-0.15, -0.1) is 0 Å². The van der Waals surface area contributed by atoms with Gasteiger partial charge in [-0.3, -0.25) is 9.69 Å². The largest absolute Gasteiger partial charge is 0.463 e. The first-order valence-corrected chi connectivity index (χ1v) is 9.23. The quantitative estimate of drug-likeness (QED) is 0.558. The van der Waals surface area contributed by atoms with Crippen molar-refractivity contribution in [3.63, 3.8) is 0 Å². The van der Waals surface area contributed by atoms with Crippen LogP contribution in [-0.2, 0) is 9.53 Å². The molecule has 0 aliphatic carbocycles. The smallest absolute Gasteiger partial charge is 0.311 e. The molecule has 0 N–H and O–H groups in total. The predicted octanol–water partition coefficient (Wildman–Crippen LogP) is 3.81. The van der Waals surface area contributed by atoms with E-state index >= 15 is 0 Å². The van der Waals surface area contributed by atoms with Gasteiger partial charge in [0.25, 0.3) is 0 Å². The van der Waals surface area contributed by atoms with Crippen molar-refractivity contribution in [2.24, 2.45) is 5.92 Å². The van der Waals surface area contributed by atoms with Gasteiger partial charge in [0.05, 0.1) is 12.0 Å². The Morgan fingerprint density at radius 1 is 1.27 bits per heavy atom. The third-order valence-electron chi connectivity index (χ3n) is 5.19. The van der Waals surface area contributed by atoms with E-state index in [1.807, 2.05) is 13.8 Å². The summed E-state index contributed by atoms with van der Waals surface area (Å²) in [6.45, 7) is 3.86. The SMILES string of the molecule is CC(C)OC(=O)[C@H]1[C@@H](c2ccc(I)cc2)CC2CC[C@H]1N2C.